The van der Waals surface area contributed by atoms with Crippen LogP contribution in [-0.4, -0.2) is 28.5 Å². The summed E-state index contributed by atoms with van der Waals surface area (Å²) in [6, 6.07) is 0. The third-order valence-corrected chi connectivity index (χ3v) is 3.12. The fourth-order valence-electron chi connectivity index (χ4n) is 1.82. The Morgan fingerprint density at radius 1 is 1.47 bits per heavy atom. The molecule has 1 aliphatic carbocycles. The van der Waals surface area contributed by atoms with Crippen LogP contribution in [0, 0.1) is 11.8 Å². The number of nitrogens with zero attached hydrogens (tertiary/aromatic N) is 3. The van der Waals surface area contributed by atoms with Crippen molar-refractivity contribution in [3.8, 4) is 0 Å². The highest BCUT2D eigenvalue weighted by atomic mass is 35.5. The zero-order valence-corrected chi connectivity index (χ0v) is 9.91. The second kappa shape index (κ2) is 4.45. The normalized spacial score (nSPS) is 24.5. The van der Waals surface area contributed by atoms with E-state index >= 15 is 0 Å². The van der Waals surface area contributed by atoms with Crippen LogP contribution in [0.25, 0.3) is 0 Å². The van der Waals surface area contributed by atoms with Gasteiger partial charge in [0.25, 0.3) is 0 Å². The minimum absolute atomic E-state index is 0.456. The van der Waals surface area contributed by atoms with Gasteiger partial charge in [-0.15, -0.1) is 0 Å². The van der Waals surface area contributed by atoms with Crippen molar-refractivity contribution in [2.75, 3.05) is 13.6 Å². The summed E-state index contributed by atoms with van der Waals surface area (Å²) in [6.45, 7) is 4.32. The van der Waals surface area contributed by atoms with Crippen LogP contribution >= 0.6 is 11.6 Å². The molecule has 0 spiro atoms. The Kier molecular flexibility index (Phi) is 3.22. The van der Waals surface area contributed by atoms with Gasteiger partial charge in [-0.1, -0.05) is 18.5 Å². The van der Waals surface area contributed by atoms with Gasteiger partial charge in [0.05, 0.1) is 18.1 Å². The lowest BCUT2D eigenvalue weighted by atomic mass is 10.3. The van der Waals surface area contributed by atoms with E-state index in [0.717, 1.165) is 30.6 Å². The number of hydrogen-bond donors (Lipinski definition) is 0. The molecule has 0 radical (unpaired) electrons. The molecule has 82 valence electrons. The van der Waals surface area contributed by atoms with Crippen LogP contribution in [0.15, 0.2) is 12.4 Å². The third-order valence-electron chi connectivity index (χ3n) is 2.93. The predicted octanol–water partition coefficient (Wildman–Crippen LogP) is 2.22. The first-order valence-corrected chi connectivity index (χ1v) is 5.68. The number of hydrogen-bond acceptors (Lipinski definition) is 3. The molecular formula is C11H16ClN3. The lowest BCUT2D eigenvalue weighted by Gasteiger charge is -2.15. The summed E-state index contributed by atoms with van der Waals surface area (Å²) < 4.78 is 0. The molecule has 0 saturated heterocycles. The van der Waals surface area contributed by atoms with Crippen LogP contribution in [0.3, 0.4) is 0 Å². The van der Waals surface area contributed by atoms with Gasteiger partial charge in [-0.25, -0.2) is 4.98 Å². The summed E-state index contributed by atoms with van der Waals surface area (Å²) in [5, 5.41) is 0.456. The van der Waals surface area contributed by atoms with Crippen LogP contribution in [-0.2, 0) is 6.54 Å². The Bertz CT molecular complexity index is 325. The molecule has 2 rings (SSSR count). The summed E-state index contributed by atoms with van der Waals surface area (Å²) in [5.41, 5.74) is 0.982. The molecule has 1 fully saturated rings. The maximum absolute atomic E-state index is 5.67. The first-order valence-electron chi connectivity index (χ1n) is 5.30. The van der Waals surface area contributed by atoms with E-state index in [1.807, 2.05) is 0 Å². The Hall–Kier alpha value is -0.670. The van der Waals surface area contributed by atoms with E-state index in [9.17, 15) is 0 Å². The molecule has 4 heteroatoms. The van der Waals surface area contributed by atoms with Gasteiger partial charge in [-0.3, -0.25) is 4.98 Å². The van der Waals surface area contributed by atoms with E-state index in [0.29, 0.717) is 5.15 Å². The van der Waals surface area contributed by atoms with E-state index in [4.69, 9.17) is 11.6 Å². The molecule has 2 atom stereocenters. The maximum Gasteiger partial charge on any atom is 0.147 e. The second-order valence-electron chi connectivity index (χ2n) is 4.50. The molecule has 1 aromatic rings. The molecule has 15 heavy (non-hydrogen) atoms. The monoisotopic (exact) mass is 225 g/mol. The second-order valence-corrected chi connectivity index (χ2v) is 4.89. The summed E-state index contributed by atoms with van der Waals surface area (Å²) in [4.78, 5) is 10.5. The lowest BCUT2D eigenvalue weighted by Crippen LogP contribution is -2.21. The van der Waals surface area contributed by atoms with Gasteiger partial charge in [0, 0.05) is 13.1 Å². The highest BCUT2D eigenvalue weighted by molar-refractivity contribution is 6.29. The molecule has 1 heterocycles. The average molecular weight is 226 g/mol. The summed E-state index contributed by atoms with van der Waals surface area (Å²) in [7, 11) is 2.13. The van der Waals surface area contributed by atoms with E-state index in [2.05, 4.69) is 28.8 Å². The molecule has 0 aromatic carbocycles. The number of aromatic nitrogens is 2. The Morgan fingerprint density at radius 3 is 2.73 bits per heavy atom. The van der Waals surface area contributed by atoms with Gasteiger partial charge in [0.15, 0.2) is 0 Å². The quantitative estimate of drug-likeness (QED) is 0.787. The fourth-order valence-corrected chi connectivity index (χ4v) is 1.91. The van der Waals surface area contributed by atoms with Crippen molar-refractivity contribution in [3.05, 3.63) is 23.2 Å². The van der Waals surface area contributed by atoms with Crippen molar-refractivity contribution < 1.29 is 0 Å². The Labute approximate surface area is 95.5 Å². The predicted molar refractivity (Wildman–Crippen MR) is 60.6 cm³/mol. The Morgan fingerprint density at radius 2 is 2.20 bits per heavy atom. The third kappa shape index (κ3) is 3.14. The van der Waals surface area contributed by atoms with Crippen LogP contribution < -0.4 is 0 Å². The zero-order chi connectivity index (χ0) is 10.8. The summed E-state index contributed by atoms with van der Waals surface area (Å²) in [6.07, 6.45) is 4.72. The zero-order valence-electron chi connectivity index (χ0n) is 9.15. The lowest BCUT2D eigenvalue weighted by molar-refractivity contribution is 0.303. The van der Waals surface area contributed by atoms with Crippen LogP contribution in [0.1, 0.15) is 19.0 Å². The molecule has 1 aliphatic rings. The minimum Gasteiger partial charge on any atom is -0.300 e. The standard InChI is InChI=1S/C11H16ClN3/c1-8-3-9(8)6-15(2)7-10-4-14-11(12)5-13-10/h4-5,8-9H,3,6-7H2,1-2H3. The summed E-state index contributed by atoms with van der Waals surface area (Å²) in [5.74, 6) is 1.79. The van der Waals surface area contributed by atoms with Gasteiger partial charge < -0.3 is 4.90 Å². The van der Waals surface area contributed by atoms with Crippen LogP contribution in [0.2, 0.25) is 5.15 Å². The molecule has 1 aromatic heterocycles. The minimum atomic E-state index is 0.456. The highest BCUT2D eigenvalue weighted by Crippen LogP contribution is 2.38. The smallest absolute Gasteiger partial charge is 0.147 e. The van der Waals surface area contributed by atoms with Gasteiger partial charge in [-0.05, 0) is 25.3 Å². The maximum atomic E-state index is 5.67. The van der Waals surface area contributed by atoms with Crippen molar-refractivity contribution in [1.82, 2.24) is 14.9 Å². The SMILES string of the molecule is CC1CC1CN(C)Cc1cnc(Cl)cn1. The largest absolute Gasteiger partial charge is 0.300 e. The fraction of sp³-hybridized carbons (Fsp3) is 0.636. The molecule has 0 N–H and O–H groups in total. The molecular weight excluding hydrogens is 210 g/mol. The van der Waals surface area contributed by atoms with Crippen molar-refractivity contribution in [2.45, 2.75) is 19.9 Å². The van der Waals surface area contributed by atoms with Crippen molar-refractivity contribution in [1.29, 1.82) is 0 Å². The summed E-state index contributed by atoms with van der Waals surface area (Å²) >= 11 is 5.67. The first kappa shape index (κ1) is 10.8. The Balaban J connectivity index is 1.82. The van der Waals surface area contributed by atoms with Crippen molar-refractivity contribution >= 4 is 11.6 Å². The van der Waals surface area contributed by atoms with E-state index < -0.39 is 0 Å². The first-order chi connectivity index (χ1) is 7.15. The molecule has 3 nitrogen and oxygen atoms in total. The number of rotatable bonds is 4. The van der Waals surface area contributed by atoms with Gasteiger partial charge in [0.1, 0.15) is 5.15 Å². The van der Waals surface area contributed by atoms with Crippen molar-refractivity contribution in [3.63, 3.8) is 0 Å². The van der Waals surface area contributed by atoms with Crippen LogP contribution in [0.4, 0.5) is 0 Å². The molecule has 0 aliphatic heterocycles. The van der Waals surface area contributed by atoms with E-state index in [1.165, 1.54) is 6.42 Å². The molecule has 1 saturated carbocycles. The van der Waals surface area contributed by atoms with Crippen molar-refractivity contribution in [2.24, 2.45) is 11.8 Å². The molecule has 0 amide bonds. The van der Waals surface area contributed by atoms with Gasteiger partial charge in [0.2, 0.25) is 0 Å². The number of halogens is 1. The van der Waals surface area contributed by atoms with E-state index in [1.54, 1.807) is 12.4 Å². The van der Waals surface area contributed by atoms with Gasteiger partial charge in [-0.2, -0.15) is 0 Å². The van der Waals surface area contributed by atoms with Gasteiger partial charge >= 0.3 is 0 Å². The van der Waals surface area contributed by atoms with E-state index in [-0.39, 0.29) is 0 Å². The molecule has 0 bridgehead atoms. The molecule has 2 unspecified atom stereocenters. The highest BCUT2D eigenvalue weighted by Gasteiger charge is 2.32. The van der Waals surface area contributed by atoms with Crippen LogP contribution in [0.5, 0.6) is 0 Å². The topological polar surface area (TPSA) is 29.0 Å². The average Bonchev–Trinajstić information content (AvgIpc) is 2.86.